The number of allylic oxidation sites excluding steroid dienone is 2. The Balaban J connectivity index is 2.41. The molecule has 1 unspecified atom stereocenters. The van der Waals surface area contributed by atoms with Crippen molar-refractivity contribution in [2.24, 2.45) is 10.8 Å². The number of halogens is 2. The molecule has 1 saturated carbocycles. The van der Waals surface area contributed by atoms with Crippen molar-refractivity contribution in [2.45, 2.75) is 69.2 Å². The lowest BCUT2D eigenvalue weighted by Crippen LogP contribution is -2.55. The molecule has 0 bridgehead atoms. The molecule has 0 aliphatic heterocycles. The predicted octanol–water partition coefficient (Wildman–Crippen LogP) is 4.65. The van der Waals surface area contributed by atoms with Gasteiger partial charge in [-0.05, 0) is 50.4 Å². The van der Waals surface area contributed by atoms with E-state index < -0.39 is 5.60 Å². The van der Waals surface area contributed by atoms with E-state index in [9.17, 15) is 5.11 Å². The van der Waals surface area contributed by atoms with Gasteiger partial charge in [-0.3, -0.25) is 0 Å². The van der Waals surface area contributed by atoms with Gasteiger partial charge < -0.3 is 5.11 Å². The van der Waals surface area contributed by atoms with Crippen molar-refractivity contribution in [3.63, 3.8) is 0 Å². The van der Waals surface area contributed by atoms with Gasteiger partial charge in [-0.25, -0.2) is 0 Å². The topological polar surface area (TPSA) is 20.2 Å². The highest BCUT2D eigenvalue weighted by atomic mass is 79.9. The fraction of sp³-hybridized carbons (Fsp3) is 0.867. The fourth-order valence-electron chi connectivity index (χ4n) is 3.77. The van der Waals surface area contributed by atoms with Crippen molar-refractivity contribution in [1.29, 1.82) is 0 Å². The second-order valence-electron chi connectivity index (χ2n) is 6.92. The predicted molar refractivity (Wildman–Crippen MR) is 81.4 cm³/mol. The first kappa shape index (κ1) is 14.9. The maximum Gasteiger partial charge on any atom is 0.0783 e. The molecule has 3 heteroatoms. The third kappa shape index (κ3) is 1.99. The lowest BCUT2D eigenvalue weighted by Gasteiger charge is -2.58. The van der Waals surface area contributed by atoms with Gasteiger partial charge in [0.25, 0.3) is 0 Å². The van der Waals surface area contributed by atoms with Gasteiger partial charge >= 0.3 is 0 Å². The molecule has 0 aromatic heterocycles. The Morgan fingerprint density at radius 2 is 1.94 bits per heavy atom. The summed E-state index contributed by atoms with van der Waals surface area (Å²) >= 11 is 10.3. The summed E-state index contributed by atoms with van der Waals surface area (Å²) in [5.41, 5.74) is 1.05. The highest BCUT2D eigenvalue weighted by molar-refractivity contribution is 9.09. The van der Waals surface area contributed by atoms with Crippen molar-refractivity contribution < 1.29 is 5.11 Å². The minimum Gasteiger partial charge on any atom is -0.389 e. The van der Waals surface area contributed by atoms with Crippen molar-refractivity contribution >= 4 is 27.5 Å². The monoisotopic (exact) mass is 334 g/mol. The summed E-state index contributed by atoms with van der Waals surface area (Å²) in [6.07, 6.45) is 6.13. The van der Waals surface area contributed by atoms with E-state index in [-0.39, 0.29) is 16.2 Å². The van der Waals surface area contributed by atoms with Crippen LogP contribution in [-0.2, 0) is 0 Å². The Kier molecular flexibility index (Phi) is 3.71. The van der Waals surface area contributed by atoms with E-state index in [1.807, 2.05) is 6.92 Å². The number of alkyl halides is 2. The van der Waals surface area contributed by atoms with Crippen LogP contribution in [0, 0.1) is 10.8 Å². The molecule has 1 spiro atoms. The zero-order valence-electron chi connectivity index (χ0n) is 11.8. The first-order chi connectivity index (χ1) is 8.13. The molecule has 0 amide bonds. The lowest BCUT2D eigenvalue weighted by atomic mass is 9.50. The van der Waals surface area contributed by atoms with Gasteiger partial charge in [0.15, 0.2) is 0 Å². The molecule has 0 aromatic rings. The maximum atomic E-state index is 10.3. The summed E-state index contributed by atoms with van der Waals surface area (Å²) in [6.45, 7) is 8.79. The Bertz CT molecular complexity index is 375. The molecule has 0 radical (unpaired) electrons. The molecule has 0 aromatic carbocycles. The number of aliphatic hydroxyl groups is 1. The number of rotatable bonds is 0. The normalized spacial score (nSPS) is 48.1. The van der Waals surface area contributed by atoms with E-state index >= 15 is 0 Å². The summed E-state index contributed by atoms with van der Waals surface area (Å²) < 4.78 is 0. The second kappa shape index (κ2) is 4.49. The molecule has 1 nitrogen and oxygen atoms in total. The summed E-state index contributed by atoms with van der Waals surface area (Å²) in [5, 5.41) is 10.2. The molecule has 1 N–H and O–H groups in total. The van der Waals surface area contributed by atoms with Crippen LogP contribution in [-0.4, -0.2) is 20.9 Å². The minimum absolute atomic E-state index is 0.133. The van der Waals surface area contributed by atoms with Crippen molar-refractivity contribution in [1.82, 2.24) is 0 Å². The van der Waals surface area contributed by atoms with Crippen LogP contribution in [0.2, 0.25) is 0 Å². The van der Waals surface area contributed by atoms with Crippen LogP contribution in [0.1, 0.15) is 53.4 Å². The smallest absolute Gasteiger partial charge is 0.0783 e. The third-order valence-corrected chi connectivity index (χ3v) is 7.81. The summed E-state index contributed by atoms with van der Waals surface area (Å²) in [4.78, 5) is 0.487. The number of hydrogen-bond acceptors (Lipinski definition) is 1. The van der Waals surface area contributed by atoms with Gasteiger partial charge in [-0.15, -0.1) is 11.6 Å². The van der Waals surface area contributed by atoms with Gasteiger partial charge in [0, 0.05) is 4.83 Å². The SMILES string of the molecule is CC1=CC[C@@H](Br)C(C)(C)[C@]12CC[C@](C)(O)C(Cl)C2. The van der Waals surface area contributed by atoms with Crippen LogP contribution >= 0.6 is 27.5 Å². The average Bonchev–Trinajstić information content (AvgIpc) is 2.27. The molecular weight excluding hydrogens is 312 g/mol. The Hall–Kier alpha value is 0.470. The molecule has 4 atom stereocenters. The van der Waals surface area contributed by atoms with Gasteiger partial charge in [0.05, 0.1) is 11.0 Å². The number of hydrogen-bond donors (Lipinski definition) is 1. The van der Waals surface area contributed by atoms with E-state index in [1.165, 1.54) is 5.57 Å². The van der Waals surface area contributed by atoms with Crippen molar-refractivity contribution in [2.75, 3.05) is 0 Å². The molecule has 2 aliphatic carbocycles. The third-order valence-electron chi connectivity index (χ3n) is 5.66. The largest absolute Gasteiger partial charge is 0.389 e. The van der Waals surface area contributed by atoms with Gasteiger partial charge in [0.1, 0.15) is 0 Å². The maximum absolute atomic E-state index is 10.3. The van der Waals surface area contributed by atoms with Crippen LogP contribution < -0.4 is 0 Å². The zero-order valence-corrected chi connectivity index (χ0v) is 14.1. The van der Waals surface area contributed by atoms with E-state index in [4.69, 9.17) is 11.6 Å². The summed E-state index contributed by atoms with van der Waals surface area (Å²) in [6, 6.07) is 0. The second-order valence-corrected chi connectivity index (χ2v) is 8.56. The van der Waals surface area contributed by atoms with Crippen LogP contribution in [0.15, 0.2) is 11.6 Å². The van der Waals surface area contributed by atoms with Gasteiger partial charge in [-0.2, -0.15) is 0 Å². The van der Waals surface area contributed by atoms with Crippen molar-refractivity contribution in [3.05, 3.63) is 11.6 Å². The van der Waals surface area contributed by atoms with E-state index in [0.717, 1.165) is 25.7 Å². The molecule has 2 rings (SSSR count). The molecular formula is C15H24BrClO. The molecule has 18 heavy (non-hydrogen) atoms. The average molecular weight is 336 g/mol. The van der Waals surface area contributed by atoms with Gasteiger partial charge in [0.2, 0.25) is 0 Å². The highest BCUT2D eigenvalue weighted by Gasteiger charge is 2.56. The van der Waals surface area contributed by atoms with Gasteiger partial charge in [-0.1, -0.05) is 41.4 Å². The molecule has 2 aliphatic rings. The van der Waals surface area contributed by atoms with Crippen LogP contribution in [0.5, 0.6) is 0 Å². The molecule has 104 valence electrons. The summed E-state index contributed by atoms with van der Waals surface area (Å²) in [7, 11) is 0. The lowest BCUT2D eigenvalue weighted by molar-refractivity contribution is -0.0455. The molecule has 0 heterocycles. The van der Waals surface area contributed by atoms with Crippen LogP contribution in [0.25, 0.3) is 0 Å². The highest BCUT2D eigenvalue weighted by Crippen LogP contribution is 2.61. The Morgan fingerprint density at radius 3 is 2.50 bits per heavy atom. The van der Waals surface area contributed by atoms with E-state index in [2.05, 4.69) is 42.8 Å². The summed E-state index contributed by atoms with van der Waals surface area (Å²) in [5.74, 6) is 0. The quantitative estimate of drug-likeness (QED) is 0.504. The Labute approximate surface area is 124 Å². The zero-order chi connectivity index (χ0) is 13.8. The van der Waals surface area contributed by atoms with E-state index in [1.54, 1.807) is 0 Å². The first-order valence-electron chi connectivity index (χ1n) is 6.81. The molecule has 1 fully saturated rings. The standard InChI is InChI=1S/C15H24BrClO/c1-10-5-6-11(16)13(2,3)15(10)8-7-14(4,18)12(17)9-15/h5,11-12,18H,6-9H2,1-4H3/t11-,12?,14+,15+/m1/s1. The fourth-order valence-corrected chi connectivity index (χ4v) is 4.77. The Morgan fingerprint density at radius 1 is 1.33 bits per heavy atom. The first-order valence-corrected chi connectivity index (χ1v) is 8.16. The van der Waals surface area contributed by atoms with E-state index in [0.29, 0.717) is 4.83 Å². The minimum atomic E-state index is -0.720. The van der Waals surface area contributed by atoms with Crippen molar-refractivity contribution in [3.8, 4) is 0 Å². The molecule has 0 saturated heterocycles. The van der Waals surface area contributed by atoms with Crippen LogP contribution in [0.3, 0.4) is 0 Å². The van der Waals surface area contributed by atoms with Crippen LogP contribution in [0.4, 0.5) is 0 Å².